The first-order chi connectivity index (χ1) is 7.26. The van der Waals surface area contributed by atoms with Crippen LogP contribution in [-0.2, 0) is 11.3 Å². The average molecular weight is 207 g/mol. The number of benzene rings is 1. The molecule has 0 fully saturated rings. The summed E-state index contributed by atoms with van der Waals surface area (Å²) in [6, 6.07) is 8.94. The monoisotopic (exact) mass is 207 g/mol. The smallest absolute Gasteiger partial charge is 0.0717 e. The van der Waals surface area contributed by atoms with E-state index in [1.54, 1.807) is 0 Å². The zero-order chi connectivity index (χ0) is 11.1. The Morgan fingerprint density at radius 3 is 2.80 bits per heavy atom. The number of ether oxygens (including phenoxy) is 1. The first-order valence-electron chi connectivity index (χ1n) is 5.69. The summed E-state index contributed by atoms with van der Waals surface area (Å²) in [7, 11) is 0. The highest BCUT2D eigenvalue weighted by molar-refractivity contribution is 5.46. The lowest BCUT2D eigenvalue weighted by molar-refractivity contribution is 0.134. The maximum Gasteiger partial charge on any atom is 0.0717 e. The number of nitrogens with one attached hydrogen (secondary N) is 1. The fourth-order valence-corrected chi connectivity index (χ4v) is 1.36. The van der Waals surface area contributed by atoms with Crippen LogP contribution >= 0.6 is 0 Å². The molecule has 0 radical (unpaired) electrons. The van der Waals surface area contributed by atoms with Gasteiger partial charge in [0.1, 0.15) is 0 Å². The third-order valence-corrected chi connectivity index (χ3v) is 2.43. The molecule has 0 amide bonds. The maximum absolute atomic E-state index is 5.38. The molecule has 2 nitrogen and oxygen atoms in total. The summed E-state index contributed by atoms with van der Waals surface area (Å²) in [5.74, 6) is 0. The lowest BCUT2D eigenvalue weighted by Gasteiger charge is -2.13. The summed E-state index contributed by atoms with van der Waals surface area (Å²) in [6.07, 6.45) is 1.13. The van der Waals surface area contributed by atoms with Crippen LogP contribution in [0.2, 0.25) is 0 Å². The Morgan fingerprint density at radius 2 is 2.13 bits per heavy atom. The lowest BCUT2D eigenvalue weighted by Crippen LogP contribution is -2.13. The van der Waals surface area contributed by atoms with Gasteiger partial charge in [-0.1, -0.05) is 19.1 Å². The van der Waals surface area contributed by atoms with Crippen LogP contribution in [0.25, 0.3) is 0 Å². The second-order valence-electron chi connectivity index (χ2n) is 3.79. The van der Waals surface area contributed by atoms with Gasteiger partial charge in [-0.25, -0.2) is 0 Å². The van der Waals surface area contributed by atoms with Crippen molar-refractivity contribution in [2.45, 2.75) is 39.8 Å². The number of hydrogen-bond donors (Lipinski definition) is 1. The molecule has 1 N–H and O–H groups in total. The van der Waals surface area contributed by atoms with Gasteiger partial charge in [-0.3, -0.25) is 0 Å². The van der Waals surface area contributed by atoms with Gasteiger partial charge in [0.05, 0.1) is 6.61 Å². The van der Waals surface area contributed by atoms with Crippen LogP contribution in [0.5, 0.6) is 0 Å². The topological polar surface area (TPSA) is 21.3 Å². The first kappa shape index (κ1) is 12.1. The third kappa shape index (κ3) is 4.34. The normalized spacial score (nSPS) is 12.5. The Morgan fingerprint density at radius 1 is 1.33 bits per heavy atom. The Kier molecular flexibility index (Phi) is 5.19. The molecule has 0 aliphatic heterocycles. The van der Waals surface area contributed by atoms with E-state index < -0.39 is 0 Å². The van der Waals surface area contributed by atoms with Gasteiger partial charge in [0.2, 0.25) is 0 Å². The van der Waals surface area contributed by atoms with Crippen molar-refractivity contribution in [2.24, 2.45) is 0 Å². The standard InChI is InChI=1S/C13H21NO/c1-4-11(3)14-13-8-6-7-12(9-13)10-15-5-2/h6-9,11,14H,4-5,10H2,1-3H3. The fraction of sp³-hybridized carbons (Fsp3) is 0.538. The molecular weight excluding hydrogens is 186 g/mol. The predicted molar refractivity (Wildman–Crippen MR) is 65.1 cm³/mol. The van der Waals surface area contributed by atoms with Gasteiger partial charge in [0.15, 0.2) is 0 Å². The van der Waals surface area contributed by atoms with Gasteiger partial charge < -0.3 is 10.1 Å². The quantitative estimate of drug-likeness (QED) is 0.771. The summed E-state index contributed by atoms with van der Waals surface area (Å²) >= 11 is 0. The minimum Gasteiger partial charge on any atom is -0.383 e. The highest BCUT2D eigenvalue weighted by atomic mass is 16.5. The molecule has 2 heteroatoms. The Hall–Kier alpha value is -1.02. The van der Waals surface area contributed by atoms with Crippen molar-refractivity contribution >= 4 is 5.69 Å². The molecule has 0 heterocycles. The van der Waals surface area contributed by atoms with E-state index in [0.717, 1.165) is 13.0 Å². The summed E-state index contributed by atoms with van der Waals surface area (Å²) in [5, 5.41) is 3.45. The number of rotatable bonds is 6. The van der Waals surface area contributed by atoms with Crippen LogP contribution < -0.4 is 5.32 Å². The molecule has 1 rings (SSSR count). The van der Waals surface area contributed by atoms with Crippen LogP contribution in [0, 0.1) is 0 Å². The van der Waals surface area contributed by atoms with Gasteiger partial charge in [-0.05, 0) is 38.0 Å². The third-order valence-electron chi connectivity index (χ3n) is 2.43. The summed E-state index contributed by atoms with van der Waals surface area (Å²) in [4.78, 5) is 0. The van der Waals surface area contributed by atoms with Crippen molar-refractivity contribution in [3.05, 3.63) is 29.8 Å². The highest BCUT2D eigenvalue weighted by Gasteiger charge is 1.99. The van der Waals surface area contributed by atoms with E-state index >= 15 is 0 Å². The van der Waals surface area contributed by atoms with Crippen LogP contribution in [-0.4, -0.2) is 12.6 Å². The summed E-state index contributed by atoms with van der Waals surface area (Å²) in [6.45, 7) is 7.85. The van der Waals surface area contributed by atoms with Crippen molar-refractivity contribution in [1.82, 2.24) is 0 Å². The SMILES string of the molecule is CCOCc1cccc(NC(C)CC)c1. The molecule has 84 valence electrons. The van der Waals surface area contributed by atoms with Gasteiger partial charge in [-0.15, -0.1) is 0 Å². The second kappa shape index (κ2) is 6.46. The van der Waals surface area contributed by atoms with E-state index in [1.165, 1.54) is 11.3 Å². The molecule has 0 saturated carbocycles. The van der Waals surface area contributed by atoms with E-state index in [2.05, 4.69) is 43.4 Å². The summed E-state index contributed by atoms with van der Waals surface area (Å²) in [5.41, 5.74) is 2.41. The van der Waals surface area contributed by atoms with Crippen molar-refractivity contribution in [2.75, 3.05) is 11.9 Å². The Balaban J connectivity index is 2.57. The first-order valence-corrected chi connectivity index (χ1v) is 5.69. The molecule has 1 aromatic carbocycles. The lowest BCUT2D eigenvalue weighted by atomic mass is 10.2. The van der Waals surface area contributed by atoms with Gasteiger partial charge in [-0.2, -0.15) is 0 Å². The van der Waals surface area contributed by atoms with Crippen molar-refractivity contribution in [1.29, 1.82) is 0 Å². The van der Waals surface area contributed by atoms with E-state index in [0.29, 0.717) is 12.6 Å². The minimum atomic E-state index is 0.521. The molecule has 15 heavy (non-hydrogen) atoms. The van der Waals surface area contributed by atoms with E-state index in [4.69, 9.17) is 4.74 Å². The van der Waals surface area contributed by atoms with Gasteiger partial charge in [0.25, 0.3) is 0 Å². The van der Waals surface area contributed by atoms with Crippen molar-refractivity contribution < 1.29 is 4.74 Å². The molecule has 0 saturated heterocycles. The predicted octanol–water partition coefficient (Wildman–Crippen LogP) is 3.43. The molecule has 0 aliphatic rings. The van der Waals surface area contributed by atoms with Crippen LogP contribution in [0.1, 0.15) is 32.8 Å². The zero-order valence-electron chi connectivity index (χ0n) is 9.92. The minimum absolute atomic E-state index is 0.521. The maximum atomic E-state index is 5.38. The van der Waals surface area contributed by atoms with Crippen LogP contribution in [0.4, 0.5) is 5.69 Å². The second-order valence-corrected chi connectivity index (χ2v) is 3.79. The molecule has 0 aromatic heterocycles. The number of hydrogen-bond acceptors (Lipinski definition) is 2. The van der Waals surface area contributed by atoms with Crippen molar-refractivity contribution in [3.63, 3.8) is 0 Å². The van der Waals surface area contributed by atoms with Crippen molar-refractivity contribution in [3.8, 4) is 0 Å². The molecule has 0 bridgehead atoms. The highest BCUT2D eigenvalue weighted by Crippen LogP contribution is 2.13. The van der Waals surface area contributed by atoms with Gasteiger partial charge in [0, 0.05) is 18.3 Å². The molecule has 0 aliphatic carbocycles. The van der Waals surface area contributed by atoms with Gasteiger partial charge >= 0.3 is 0 Å². The largest absolute Gasteiger partial charge is 0.383 e. The molecule has 0 spiro atoms. The molecule has 1 aromatic rings. The molecular formula is C13H21NO. The summed E-state index contributed by atoms with van der Waals surface area (Å²) < 4.78 is 5.38. The van der Waals surface area contributed by atoms with Crippen LogP contribution in [0.15, 0.2) is 24.3 Å². The Labute approximate surface area is 92.6 Å². The Bertz CT molecular complexity index is 286. The zero-order valence-corrected chi connectivity index (χ0v) is 9.92. The number of anilines is 1. The average Bonchev–Trinajstić information content (AvgIpc) is 2.26. The van der Waals surface area contributed by atoms with Crippen LogP contribution in [0.3, 0.4) is 0 Å². The molecule has 1 unspecified atom stereocenters. The van der Waals surface area contributed by atoms with E-state index in [-0.39, 0.29) is 0 Å². The van der Waals surface area contributed by atoms with E-state index in [9.17, 15) is 0 Å². The van der Waals surface area contributed by atoms with E-state index in [1.807, 2.05) is 6.92 Å². The fourth-order valence-electron chi connectivity index (χ4n) is 1.36. The molecule has 1 atom stereocenters.